The number of rotatable bonds is 2. The first-order chi connectivity index (χ1) is 10.9. The molecule has 0 bridgehead atoms. The minimum absolute atomic E-state index is 0.123. The van der Waals surface area contributed by atoms with Gasteiger partial charge < -0.3 is 4.90 Å². The van der Waals surface area contributed by atoms with Crippen molar-refractivity contribution in [3.05, 3.63) is 34.2 Å². The molecule has 1 unspecified atom stereocenters. The van der Waals surface area contributed by atoms with E-state index in [0.29, 0.717) is 12.3 Å². The number of hydrogen-bond donors (Lipinski definition) is 0. The van der Waals surface area contributed by atoms with E-state index >= 15 is 0 Å². The van der Waals surface area contributed by atoms with E-state index in [1.807, 2.05) is 18.4 Å². The Morgan fingerprint density at radius 1 is 1.39 bits per heavy atom. The third-order valence-electron chi connectivity index (χ3n) is 4.23. The monoisotopic (exact) mass is 353 g/mol. The Morgan fingerprint density at radius 2 is 2.17 bits per heavy atom. The second-order valence-corrected chi connectivity index (χ2v) is 8.35. The highest BCUT2D eigenvalue weighted by Crippen LogP contribution is 2.25. The van der Waals surface area contributed by atoms with E-state index in [9.17, 15) is 13.2 Å². The first-order valence-corrected chi connectivity index (χ1v) is 9.83. The van der Waals surface area contributed by atoms with Crippen LogP contribution in [-0.2, 0) is 15.0 Å². The van der Waals surface area contributed by atoms with Crippen molar-refractivity contribution in [2.24, 2.45) is 4.40 Å². The first-order valence-electron chi connectivity index (χ1n) is 7.55. The van der Waals surface area contributed by atoms with Crippen molar-refractivity contribution in [2.45, 2.75) is 32.2 Å². The van der Waals surface area contributed by atoms with Gasteiger partial charge in [0.25, 0.3) is 5.91 Å². The van der Waals surface area contributed by atoms with Gasteiger partial charge in [-0.25, -0.2) is 4.31 Å². The second-order valence-electron chi connectivity index (χ2n) is 5.77. The molecule has 23 heavy (non-hydrogen) atoms. The fourth-order valence-electron chi connectivity index (χ4n) is 2.84. The molecule has 0 saturated carbocycles. The van der Waals surface area contributed by atoms with Gasteiger partial charge in [0.1, 0.15) is 5.70 Å². The average Bonchev–Trinajstić information content (AvgIpc) is 3.04. The van der Waals surface area contributed by atoms with Crippen molar-refractivity contribution >= 4 is 33.2 Å². The highest BCUT2D eigenvalue weighted by molar-refractivity contribution is 7.88. The minimum atomic E-state index is -3.87. The van der Waals surface area contributed by atoms with Gasteiger partial charge in [0, 0.05) is 19.6 Å². The average molecular weight is 353 g/mol. The Hall–Kier alpha value is -1.67. The lowest BCUT2D eigenvalue weighted by atomic mass is 10.0. The van der Waals surface area contributed by atoms with Crippen molar-refractivity contribution in [2.75, 3.05) is 13.6 Å². The number of allylic oxidation sites excluding steroid dienone is 1. The maximum atomic E-state index is 12.9. The number of carbonyl (C=O) groups excluding carboxylic acids is 1. The predicted octanol–water partition coefficient (Wildman–Crippen LogP) is 2.01. The largest absolute Gasteiger partial charge is 0.345 e. The van der Waals surface area contributed by atoms with Gasteiger partial charge >= 0.3 is 10.2 Å². The molecule has 0 spiro atoms. The third-order valence-corrected chi connectivity index (χ3v) is 6.44. The summed E-state index contributed by atoms with van der Waals surface area (Å²) in [6.07, 6.45) is 4.57. The van der Waals surface area contributed by atoms with Crippen LogP contribution < -0.4 is 0 Å². The second kappa shape index (κ2) is 6.09. The van der Waals surface area contributed by atoms with Gasteiger partial charge in [0.05, 0.1) is 10.6 Å². The molecule has 1 aromatic heterocycles. The van der Waals surface area contributed by atoms with Gasteiger partial charge in [-0.2, -0.15) is 8.42 Å². The van der Waals surface area contributed by atoms with Crippen LogP contribution in [0.25, 0.3) is 0 Å². The molecule has 1 fully saturated rings. The molecule has 124 valence electrons. The van der Waals surface area contributed by atoms with E-state index in [-0.39, 0.29) is 17.6 Å². The van der Waals surface area contributed by atoms with E-state index < -0.39 is 10.2 Å². The number of piperidine rings is 1. The summed E-state index contributed by atoms with van der Waals surface area (Å²) in [6.45, 7) is 2.67. The number of amides is 1. The van der Waals surface area contributed by atoms with Crippen LogP contribution in [0.1, 0.15) is 31.1 Å². The van der Waals surface area contributed by atoms with Crippen LogP contribution in [0.5, 0.6) is 0 Å². The molecule has 0 radical (unpaired) electrons. The molecule has 0 N–H and O–H groups in total. The highest BCUT2D eigenvalue weighted by atomic mass is 32.2. The zero-order valence-electron chi connectivity index (χ0n) is 13.1. The van der Waals surface area contributed by atoms with Crippen molar-refractivity contribution in [3.8, 4) is 0 Å². The van der Waals surface area contributed by atoms with E-state index in [1.54, 1.807) is 17.0 Å². The molecular weight excluding hydrogens is 334 g/mol. The quantitative estimate of drug-likeness (QED) is 0.817. The summed E-state index contributed by atoms with van der Waals surface area (Å²) < 4.78 is 29.4. The normalized spacial score (nSPS) is 24.2. The SMILES string of the molecule is CC1CCCCN1C(=O)C1=CC(c2cccs2)=NS(=O)(=O)N1C. The molecular formula is C15H19N3O3S2. The zero-order chi connectivity index (χ0) is 16.6. The van der Waals surface area contributed by atoms with Gasteiger partial charge in [-0.3, -0.25) is 4.79 Å². The van der Waals surface area contributed by atoms with Gasteiger partial charge in [0.15, 0.2) is 0 Å². The molecule has 0 aliphatic carbocycles. The Morgan fingerprint density at radius 3 is 2.83 bits per heavy atom. The Bertz CT molecular complexity index is 766. The van der Waals surface area contributed by atoms with Crippen LogP contribution in [0.3, 0.4) is 0 Å². The predicted molar refractivity (Wildman–Crippen MR) is 90.6 cm³/mol. The van der Waals surface area contributed by atoms with Crippen LogP contribution in [0, 0.1) is 0 Å². The third kappa shape index (κ3) is 3.05. The Kier molecular flexibility index (Phi) is 4.29. The molecule has 1 amide bonds. The van der Waals surface area contributed by atoms with Crippen molar-refractivity contribution in [1.29, 1.82) is 0 Å². The lowest BCUT2D eigenvalue weighted by molar-refractivity contribution is -0.131. The molecule has 2 aliphatic heterocycles. The molecule has 8 heteroatoms. The summed E-state index contributed by atoms with van der Waals surface area (Å²) in [4.78, 5) is 15.4. The van der Waals surface area contributed by atoms with Crippen molar-refractivity contribution in [1.82, 2.24) is 9.21 Å². The fourth-order valence-corrected chi connectivity index (χ4v) is 4.49. The van der Waals surface area contributed by atoms with Crippen molar-refractivity contribution in [3.63, 3.8) is 0 Å². The van der Waals surface area contributed by atoms with E-state index in [4.69, 9.17) is 0 Å². The molecule has 3 rings (SSSR count). The summed E-state index contributed by atoms with van der Waals surface area (Å²) in [6, 6.07) is 3.75. The smallest absolute Gasteiger partial charge is 0.335 e. The molecule has 3 heterocycles. The van der Waals surface area contributed by atoms with Crippen LogP contribution in [0.4, 0.5) is 0 Å². The van der Waals surface area contributed by atoms with Crippen LogP contribution in [0.15, 0.2) is 33.7 Å². The molecule has 1 saturated heterocycles. The Balaban J connectivity index is 1.99. The topological polar surface area (TPSA) is 70.0 Å². The van der Waals surface area contributed by atoms with Crippen molar-refractivity contribution < 1.29 is 13.2 Å². The molecule has 1 aromatic rings. The lowest BCUT2D eigenvalue weighted by Gasteiger charge is -2.36. The number of carbonyl (C=O) groups is 1. The molecule has 6 nitrogen and oxygen atoms in total. The zero-order valence-corrected chi connectivity index (χ0v) is 14.7. The van der Waals surface area contributed by atoms with E-state index in [1.165, 1.54) is 18.4 Å². The van der Waals surface area contributed by atoms with Gasteiger partial charge in [0.2, 0.25) is 0 Å². The lowest BCUT2D eigenvalue weighted by Crippen LogP contribution is -2.46. The van der Waals surface area contributed by atoms with E-state index in [2.05, 4.69) is 4.40 Å². The number of thiophene rings is 1. The summed E-state index contributed by atoms with van der Waals surface area (Å²) >= 11 is 1.40. The highest BCUT2D eigenvalue weighted by Gasteiger charge is 2.34. The summed E-state index contributed by atoms with van der Waals surface area (Å²) in [5.74, 6) is -0.243. The fraction of sp³-hybridized carbons (Fsp3) is 0.467. The number of likely N-dealkylation sites (tertiary alicyclic amines) is 1. The van der Waals surface area contributed by atoms with Crippen LogP contribution in [-0.4, -0.2) is 48.9 Å². The number of likely N-dealkylation sites (N-methyl/N-ethyl adjacent to an activating group) is 1. The molecule has 0 aromatic carbocycles. The summed E-state index contributed by atoms with van der Waals surface area (Å²) in [5.41, 5.74) is 0.489. The number of nitrogens with zero attached hydrogens (tertiary/aromatic N) is 3. The van der Waals surface area contributed by atoms with Gasteiger partial charge in [-0.05, 0) is 43.7 Å². The first kappa shape index (κ1) is 16.2. The standard InChI is InChI=1S/C15H19N3O3S2/c1-11-6-3-4-8-18(11)15(19)13-10-12(14-7-5-9-22-14)16-23(20,21)17(13)2/h5,7,9-11H,3-4,6,8H2,1-2H3. The van der Waals surface area contributed by atoms with Crippen LogP contribution in [0.2, 0.25) is 0 Å². The van der Waals surface area contributed by atoms with Crippen LogP contribution >= 0.6 is 11.3 Å². The van der Waals surface area contributed by atoms with Gasteiger partial charge in [-0.1, -0.05) is 6.07 Å². The van der Waals surface area contributed by atoms with E-state index in [0.717, 1.165) is 28.4 Å². The van der Waals surface area contributed by atoms with Gasteiger partial charge in [-0.15, -0.1) is 15.7 Å². The summed E-state index contributed by atoms with van der Waals surface area (Å²) in [5, 5.41) is 1.85. The summed E-state index contributed by atoms with van der Waals surface area (Å²) in [7, 11) is -2.50. The molecule has 2 aliphatic rings. The molecule has 1 atom stereocenters. The minimum Gasteiger partial charge on any atom is -0.335 e. The number of hydrogen-bond acceptors (Lipinski definition) is 4. The maximum Gasteiger partial charge on any atom is 0.345 e. The maximum absolute atomic E-state index is 12.9. The Labute approximate surface area is 140 Å².